The molecular formula is C24H28F3N5O3. The van der Waals surface area contributed by atoms with Crippen molar-refractivity contribution in [1.82, 2.24) is 19.7 Å². The van der Waals surface area contributed by atoms with Crippen molar-refractivity contribution < 1.29 is 27.4 Å². The quantitative estimate of drug-likeness (QED) is 0.394. The molecule has 1 aliphatic rings. The molecule has 1 aliphatic carbocycles. The first-order chi connectivity index (χ1) is 16.8. The first-order valence-electron chi connectivity index (χ1n) is 11.3. The van der Waals surface area contributed by atoms with Gasteiger partial charge in [0.15, 0.2) is 6.61 Å². The molecule has 0 atom stereocenters. The molecule has 3 aromatic rings. The van der Waals surface area contributed by atoms with Crippen LogP contribution < -0.4 is 19.1 Å². The van der Waals surface area contributed by atoms with Crippen molar-refractivity contribution in [3.8, 4) is 17.4 Å². The molecule has 0 unspecified atom stereocenters. The predicted molar refractivity (Wildman–Crippen MR) is 123 cm³/mol. The number of aromatic nitrogens is 4. The van der Waals surface area contributed by atoms with Crippen molar-refractivity contribution in [3.63, 3.8) is 0 Å². The predicted octanol–water partition coefficient (Wildman–Crippen LogP) is 4.40. The Kier molecular flexibility index (Phi) is 7.32. The highest BCUT2D eigenvalue weighted by molar-refractivity contribution is 5.44. The van der Waals surface area contributed by atoms with Gasteiger partial charge in [-0.1, -0.05) is 6.07 Å². The maximum atomic E-state index is 12.7. The number of nitrogens with zero attached hydrogens (tertiary/aromatic N) is 5. The summed E-state index contributed by atoms with van der Waals surface area (Å²) in [6, 6.07) is 9.03. The van der Waals surface area contributed by atoms with E-state index in [1.165, 1.54) is 6.20 Å². The Morgan fingerprint density at radius 1 is 1.09 bits per heavy atom. The summed E-state index contributed by atoms with van der Waals surface area (Å²) in [5.41, 5.74) is 1.46. The molecule has 0 saturated heterocycles. The van der Waals surface area contributed by atoms with Crippen LogP contribution >= 0.6 is 0 Å². The molecule has 188 valence electrons. The summed E-state index contributed by atoms with van der Waals surface area (Å²) in [6.45, 7) is 1.92. The largest absolute Gasteiger partial charge is 0.497 e. The van der Waals surface area contributed by atoms with E-state index in [1.54, 1.807) is 26.4 Å². The number of rotatable bonds is 11. The fourth-order valence-corrected chi connectivity index (χ4v) is 3.80. The normalized spacial score (nSPS) is 13.5. The first-order valence-corrected chi connectivity index (χ1v) is 11.3. The minimum Gasteiger partial charge on any atom is -0.497 e. The summed E-state index contributed by atoms with van der Waals surface area (Å²) in [5.74, 6) is 3.14. The molecule has 8 nitrogen and oxygen atoms in total. The Bertz CT molecular complexity index is 1150. The second-order valence-corrected chi connectivity index (χ2v) is 8.51. The van der Waals surface area contributed by atoms with Crippen LogP contribution in [0.4, 0.5) is 19.1 Å². The van der Waals surface area contributed by atoms with Crippen LogP contribution in [0.2, 0.25) is 0 Å². The molecule has 4 rings (SSSR count). The Balaban J connectivity index is 1.63. The van der Waals surface area contributed by atoms with E-state index >= 15 is 0 Å². The molecule has 0 radical (unpaired) electrons. The lowest BCUT2D eigenvalue weighted by Crippen LogP contribution is -2.29. The minimum absolute atomic E-state index is 0.0607. The van der Waals surface area contributed by atoms with E-state index in [4.69, 9.17) is 14.2 Å². The number of pyridine rings is 1. The fourth-order valence-electron chi connectivity index (χ4n) is 3.80. The Morgan fingerprint density at radius 3 is 2.57 bits per heavy atom. The molecule has 1 saturated carbocycles. The van der Waals surface area contributed by atoms with Gasteiger partial charge in [0, 0.05) is 36.5 Å². The van der Waals surface area contributed by atoms with Gasteiger partial charge in [-0.2, -0.15) is 13.2 Å². The van der Waals surface area contributed by atoms with Gasteiger partial charge in [-0.05, 0) is 43.9 Å². The summed E-state index contributed by atoms with van der Waals surface area (Å²) in [4.78, 5) is 6.15. The fraction of sp³-hybridized carbons (Fsp3) is 0.458. The zero-order valence-corrected chi connectivity index (χ0v) is 19.9. The molecular weight excluding hydrogens is 463 g/mol. The van der Waals surface area contributed by atoms with Crippen LogP contribution in [-0.4, -0.2) is 53.3 Å². The number of halogens is 3. The van der Waals surface area contributed by atoms with Crippen molar-refractivity contribution in [2.24, 2.45) is 5.92 Å². The standard InChI is InChI=1S/C24H28F3N5O3/c1-16-29-30-23(32(16)14-19-5-4-10-28-22(19)35-15-24(25,26)27)31(12-17-6-7-17)13-18-8-9-20(33-2)11-21(18)34-3/h4-5,8-11,17H,6-7,12-15H2,1-3H3. The lowest BCUT2D eigenvalue weighted by atomic mass is 10.1. The van der Waals surface area contributed by atoms with E-state index in [0.29, 0.717) is 41.3 Å². The molecule has 35 heavy (non-hydrogen) atoms. The Morgan fingerprint density at radius 2 is 1.89 bits per heavy atom. The van der Waals surface area contributed by atoms with Crippen LogP contribution in [0.15, 0.2) is 36.5 Å². The summed E-state index contributed by atoms with van der Waals surface area (Å²) in [7, 11) is 3.21. The van der Waals surface area contributed by atoms with Gasteiger partial charge in [-0.25, -0.2) is 4.98 Å². The lowest BCUT2D eigenvalue weighted by Gasteiger charge is -2.25. The molecule has 0 aliphatic heterocycles. The third-order valence-electron chi connectivity index (χ3n) is 5.78. The number of anilines is 1. The van der Waals surface area contributed by atoms with E-state index in [9.17, 15) is 13.2 Å². The molecule has 2 aromatic heterocycles. The second-order valence-electron chi connectivity index (χ2n) is 8.51. The molecule has 0 bridgehead atoms. The maximum Gasteiger partial charge on any atom is 0.422 e. The number of methoxy groups -OCH3 is 2. The third-order valence-corrected chi connectivity index (χ3v) is 5.78. The smallest absolute Gasteiger partial charge is 0.422 e. The topological polar surface area (TPSA) is 74.5 Å². The Hall–Kier alpha value is -3.50. The van der Waals surface area contributed by atoms with Crippen molar-refractivity contribution >= 4 is 5.95 Å². The van der Waals surface area contributed by atoms with Crippen LogP contribution in [0.5, 0.6) is 17.4 Å². The van der Waals surface area contributed by atoms with E-state index in [-0.39, 0.29) is 12.4 Å². The van der Waals surface area contributed by atoms with E-state index in [1.807, 2.05) is 29.7 Å². The number of aryl methyl sites for hydroxylation is 1. The van der Waals surface area contributed by atoms with Gasteiger partial charge in [0.05, 0.1) is 20.8 Å². The maximum absolute atomic E-state index is 12.7. The molecule has 2 heterocycles. The average Bonchev–Trinajstić information content (AvgIpc) is 3.59. The van der Waals surface area contributed by atoms with Gasteiger partial charge >= 0.3 is 6.18 Å². The van der Waals surface area contributed by atoms with Gasteiger partial charge in [0.25, 0.3) is 0 Å². The van der Waals surface area contributed by atoms with Crippen LogP contribution in [0, 0.1) is 12.8 Å². The number of ether oxygens (including phenoxy) is 3. The van der Waals surface area contributed by atoms with Gasteiger partial charge in [0.1, 0.15) is 17.3 Å². The monoisotopic (exact) mass is 491 g/mol. The van der Waals surface area contributed by atoms with Gasteiger partial charge < -0.3 is 19.1 Å². The molecule has 0 spiro atoms. The van der Waals surface area contributed by atoms with Crippen LogP contribution in [0.1, 0.15) is 29.8 Å². The van der Waals surface area contributed by atoms with E-state index in [0.717, 1.165) is 24.9 Å². The first kappa shape index (κ1) is 24.6. The lowest BCUT2D eigenvalue weighted by molar-refractivity contribution is -0.154. The Labute approximate surface area is 201 Å². The number of hydrogen-bond donors (Lipinski definition) is 0. The van der Waals surface area contributed by atoms with Crippen LogP contribution in [0.3, 0.4) is 0 Å². The highest BCUT2D eigenvalue weighted by Gasteiger charge is 2.30. The van der Waals surface area contributed by atoms with Crippen molar-refractivity contribution in [2.45, 2.75) is 39.0 Å². The second kappa shape index (κ2) is 10.4. The highest BCUT2D eigenvalue weighted by atomic mass is 19.4. The number of hydrogen-bond acceptors (Lipinski definition) is 7. The van der Waals surface area contributed by atoms with Gasteiger partial charge in [0.2, 0.25) is 11.8 Å². The average molecular weight is 492 g/mol. The zero-order valence-electron chi connectivity index (χ0n) is 19.9. The van der Waals surface area contributed by atoms with Crippen molar-refractivity contribution in [2.75, 3.05) is 32.3 Å². The summed E-state index contributed by atoms with van der Waals surface area (Å²) in [5, 5.41) is 8.69. The molecule has 1 fully saturated rings. The molecule has 11 heteroatoms. The van der Waals surface area contributed by atoms with E-state index in [2.05, 4.69) is 20.1 Å². The molecule has 1 aromatic carbocycles. The highest BCUT2D eigenvalue weighted by Crippen LogP contribution is 2.34. The van der Waals surface area contributed by atoms with Gasteiger partial charge in [-0.15, -0.1) is 10.2 Å². The zero-order chi connectivity index (χ0) is 25.0. The summed E-state index contributed by atoms with van der Waals surface area (Å²) in [6.07, 6.45) is -0.766. The molecule has 0 amide bonds. The molecule has 0 N–H and O–H groups in total. The van der Waals surface area contributed by atoms with Crippen molar-refractivity contribution in [1.29, 1.82) is 0 Å². The number of alkyl halides is 3. The van der Waals surface area contributed by atoms with E-state index < -0.39 is 12.8 Å². The summed E-state index contributed by atoms with van der Waals surface area (Å²) < 4.78 is 55.9. The van der Waals surface area contributed by atoms with Crippen molar-refractivity contribution in [3.05, 3.63) is 53.5 Å². The summed E-state index contributed by atoms with van der Waals surface area (Å²) >= 11 is 0. The SMILES string of the molecule is COc1ccc(CN(CC2CC2)c2nnc(C)n2Cc2cccnc2OCC(F)(F)F)c(OC)c1. The van der Waals surface area contributed by atoms with Gasteiger partial charge in [-0.3, -0.25) is 4.57 Å². The minimum atomic E-state index is -4.45. The number of benzene rings is 1. The van der Waals surface area contributed by atoms with Crippen LogP contribution in [0.25, 0.3) is 0 Å². The van der Waals surface area contributed by atoms with Crippen LogP contribution in [-0.2, 0) is 13.1 Å². The third kappa shape index (κ3) is 6.34.